The largest absolute Gasteiger partial charge is 0.336 e. The minimum absolute atomic E-state index is 0.0440. The molecule has 0 saturated carbocycles. The van der Waals surface area contributed by atoms with Gasteiger partial charge < -0.3 is 5.84 Å². The Bertz CT molecular complexity index is 1240. The molecule has 32 heavy (non-hydrogen) atoms. The van der Waals surface area contributed by atoms with Crippen molar-refractivity contribution in [2.45, 2.75) is 30.7 Å². The second-order valence-corrected chi connectivity index (χ2v) is 8.75. The number of Topliss-reactive ketones (excluding diaryl/α,β-unsaturated/α-hetero) is 1. The molecule has 1 heterocycles. The Balaban J connectivity index is 1.65. The summed E-state index contributed by atoms with van der Waals surface area (Å²) < 4.78 is 15.4. The van der Waals surface area contributed by atoms with Gasteiger partial charge in [0.1, 0.15) is 11.1 Å². The third-order valence-electron chi connectivity index (χ3n) is 5.22. The van der Waals surface area contributed by atoms with Crippen molar-refractivity contribution in [3.05, 3.63) is 112 Å². The first-order valence-electron chi connectivity index (χ1n) is 10.2. The summed E-state index contributed by atoms with van der Waals surface area (Å²) in [6.07, 6.45) is 0.206. The molecule has 0 unspecified atom stereocenters. The number of nitrogens with two attached hydrogens (primary N) is 1. The van der Waals surface area contributed by atoms with Gasteiger partial charge in [-0.25, -0.2) is 9.07 Å². The average molecular weight is 447 g/mol. The number of carbonyl (C=O) groups is 1. The summed E-state index contributed by atoms with van der Waals surface area (Å²) in [5, 5.41) is 8.18. The zero-order valence-electron chi connectivity index (χ0n) is 17.8. The summed E-state index contributed by atoms with van der Waals surface area (Å²) in [5.41, 5.74) is 4.14. The number of nitrogens with zero attached hydrogens (tertiary/aromatic N) is 3. The van der Waals surface area contributed by atoms with E-state index in [1.165, 1.54) is 22.5 Å². The Hall–Kier alpha value is -3.45. The van der Waals surface area contributed by atoms with Crippen LogP contribution < -0.4 is 5.84 Å². The minimum atomic E-state index is -0.550. The molecule has 0 amide bonds. The first-order chi connectivity index (χ1) is 15.4. The summed E-state index contributed by atoms with van der Waals surface area (Å²) in [4.78, 5) is 13.4. The van der Waals surface area contributed by atoms with Crippen LogP contribution in [0.4, 0.5) is 4.39 Å². The van der Waals surface area contributed by atoms with E-state index in [1.807, 2.05) is 62.4 Å². The van der Waals surface area contributed by atoms with Crippen molar-refractivity contribution < 1.29 is 9.18 Å². The monoisotopic (exact) mass is 446 g/mol. The topological polar surface area (TPSA) is 73.8 Å². The van der Waals surface area contributed by atoms with E-state index in [2.05, 4.69) is 10.2 Å². The molecule has 0 spiro atoms. The van der Waals surface area contributed by atoms with Crippen LogP contribution in [-0.4, -0.2) is 20.7 Å². The van der Waals surface area contributed by atoms with Crippen LogP contribution in [0.25, 0.3) is 0 Å². The molecule has 1 aromatic heterocycles. The van der Waals surface area contributed by atoms with Crippen molar-refractivity contribution in [1.82, 2.24) is 14.9 Å². The molecule has 0 saturated heterocycles. The molecular weight excluding hydrogens is 423 g/mol. The normalized spacial score (nSPS) is 12.0. The summed E-state index contributed by atoms with van der Waals surface area (Å²) in [7, 11) is 0. The molecule has 1 atom stereocenters. The third kappa shape index (κ3) is 4.73. The molecule has 0 aliphatic rings. The van der Waals surface area contributed by atoms with Crippen LogP contribution in [0.2, 0.25) is 0 Å². The number of ketones is 1. The number of hydrogen-bond donors (Lipinski definition) is 1. The Morgan fingerprint density at radius 2 is 1.59 bits per heavy atom. The van der Waals surface area contributed by atoms with Crippen molar-refractivity contribution >= 4 is 17.5 Å². The molecule has 0 aliphatic carbocycles. The van der Waals surface area contributed by atoms with Gasteiger partial charge in [0.2, 0.25) is 5.16 Å². The molecular formula is C25H23FN4OS. The number of halogens is 1. The molecule has 7 heteroatoms. The number of aryl methyl sites for hydroxylation is 2. The van der Waals surface area contributed by atoms with E-state index < -0.39 is 5.25 Å². The first kappa shape index (κ1) is 21.8. The second kappa shape index (κ2) is 9.36. The number of aromatic nitrogens is 3. The Morgan fingerprint density at radius 3 is 2.25 bits per heavy atom. The Labute approximate surface area is 190 Å². The van der Waals surface area contributed by atoms with Gasteiger partial charge in [0.15, 0.2) is 11.6 Å². The Morgan fingerprint density at radius 1 is 0.969 bits per heavy atom. The van der Waals surface area contributed by atoms with E-state index >= 15 is 0 Å². The molecule has 3 aromatic carbocycles. The van der Waals surface area contributed by atoms with Crippen molar-refractivity contribution in [3.8, 4) is 0 Å². The number of thioether (sulfide) groups is 1. The lowest BCUT2D eigenvalue weighted by Gasteiger charge is -2.16. The van der Waals surface area contributed by atoms with Gasteiger partial charge in [0, 0.05) is 12.0 Å². The van der Waals surface area contributed by atoms with Crippen LogP contribution in [0, 0.1) is 19.7 Å². The molecule has 4 aromatic rings. The molecule has 5 nitrogen and oxygen atoms in total. The SMILES string of the molecule is Cc1ccc(C(=O)[C@H](Sc2nnc(Cc3ccccc3F)n2N)c2ccc(C)cc2)cc1. The van der Waals surface area contributed by atoms with Gasteiger partial charge in [-0.05, 0) is 31.0 Å². The molecule has 0 radical (unpaired) electrons. The highest BCUT2D eigenvalue weighted by Crippen LogP contribution is 2.37. The smallest absolute Gasteiger partial charge is 0.210 e. The molecule has 0 aliphatic heterocycles. The lowest BCUT2D eigenvalue weighted by molar-refractivity contribution is 0.0989. The van der Waals surface area contributed by atoms with Gasteiger partial charge in [0.05, 0.1) is 0 Å². The van der Waals surface area contributed by atoms with Gasteiger partial charge in [0.25, 0.3) is 0 Å². The zero-order chi connectivity index (χ0) is 22.7. The fourth-order valence-corrected chi connectivity index (χ4v) is 4.36. The number of benzene rings is 3. The van der Waals surface area contributed by atoms with Crippen molar-refractivity contribution in [2.75, 3.05) is 5.84 Å². The first-order valence-corrected chi connectivity index (χ1v) is 11.1. The van der Waals surface area contributed by atoms with Crippen LogP contribution >= 0.6 is 11.8 Å². The lowest BCUT2D eigenvalue weighted by Crippen LogP contribution is -2.17. The summed E-state index contributed by atoms with van der Waals surface area (Å²) in [5.74, 6) is 6.30. The van der Waals surface area contributed by atoms with E-state index in [-0.39, 0.29) is 18.0 Å². The molecule has 162 valence electrons. The summed E-state index contributed by atoms with van der Waals surface area (Å²) >= 11 is 1.24. The van der Waals surface area contributed by atoms with Crippen molar-refractivity contribution in [3.63, 3.8) is 0 Å². The summed E-state index contributed by atoms with van der Waals surface area (Å²) in [6.45, 7) is 3.98. The highest BCUT2D eigenvalue weighted by atomic mass is 32.2. The molecule has 0 fully saturated rings. The maximum absolute atomic E-state index is 14.1. The van der Waals surface area contributed by atoms with Crippen LogP contribution in [0.5, 0.6) is 0 Å². The maximum Gasteiger partial charge on any atom is 0.210 e. The predicted octanol–water partition coefficient (Wildman–Crippen LogP) is 5.05. The molecule has 0 bridgehead atoms. The number of carbonyl (C=O) groups excluding carboxylic acids is 1. The number of hydrogen-bond acceptors (Lipinski definition) is 5. The molecule has 2 N–H and O–H groups in total. The van der Waals surface area contributed by atoms with Crippen LogP contribution in [0.15, 0.2) is 78.0 Å². The van der Waals surface area contributed by atoms with Gasteiger partial charge in [-0.3, -0.25) is 4.79 Å². The standard InChI is InChI=1S/C25H23FN4OS/c1-16-7-11-18(12-8-16)23(31)24(19-13-9-17(2)10-14-19)32-25-29-28-22(30(25)27)15-20-5-3-4-6-21(20)26/h3-14,24H,15,27H2,1-2H3/t24-/m1/s1. The quantitative estimate of drug-likeness (QED) is 0.244. The zero-order valence-corrected chi connectivity index (χ0v) is 18.6. The predicted molar refractivity (Wildman–Crippen MR) is 125 cm³/mol. The minimum Gasteiger partial charge on any atom is -0.336 e. The van der Waals surface area contributed by atoms with Crippen LogP contribution in [-0.2, 0) is 6.42 Å². The van der Waals surface area contributed by atoms with Gasteiger partial charge in [-0.2, -0.15) is 0 Å². The van der Waals surface area contributed by atoms with Gasteiger partial charge >= 0.3 is 0 Å². The lowest BCUT2D eigenvalue weighted by atomic mass is 10.0. The van der Waals surface area contributed by atoms with Crippen LogP contribution in [0.1, 0.15) is 43.7 Å². The second-order valence-electron chi connectivity index (χ2n) is 7.68. The number of nitrogen functional groups attached to an aromatic ring is 1. The number of rotatable bonds is 7. The van der Waals surface area contributed by atoms with E-state index in [0.29, 0.717) is 22.1 Å². The fraction of sp³-hybridized carbons (Fsp3) is 0.160. The highest BCUT2D eigenvalue weighted by molar-refractivity contribution is 8.00. The van der Waals surface area contributed by atoms with E-state index in [1.54, 1.807) is 18.2 Å². The van der Waals surface area contributed by atoms with E-state index in [0.717, 1.165) is 16.7 Å². The van der Waals surface area contributed by atoms with Crippen molar-refractivity contribution in [2.24, 2.45) is 0 Å². The average Bonchev–Trinajstić information content (AvgIpc) is 3.13. The van der Waals surface area contributed by atoms with Crippen molar-refractivity contribution in [1.29, 1.82) is 0 Å². The van der Waals surface area contributed by atoms with Gasteiger partial charge in [-0.1, -0.05) is 89.6 Å². The fourth-order valence-electron chi connectivity index (χ4n) is 3.31. The third-order valence-corrected chi connectivity index (χ3v) is 6.43. The van der Waals surface area contributed by atoms with E-state index in [4.69, 9.17) is 5.84 Å². The summed E-state index contributed by atoms with van der Waals surface area (Å²) in [6, 6.07) is 21.8. The van der Waals surface area contributed by atoms with E-state index in [9.17, 15) is 9.18 Å². The maximum atomic E-state index is 14.1. The van der Waals surface area contributed by atoms with Crippen LogP contribution in [0.3, 0.4) is 0 Å². The van der Waals surface area contributed by atoms with Gasteiger partial charge in [-0.15, -0.1) is 10.2 Å². The highest BCUT2D eigenvalue weighted by Gasteiger charge is 2.26. The molecule has 4 rings (SSSR count). The Kier molecular flexibility index (Phi) is 6.37.